The molecule has 1 aromatic heterocycles. The largest absolute Gasteiger partial charge is 0.493 e. The Morgan fingerprint density at radius 1 is 1.11 bits per heavy atom. The molecular formula is C13H17N3O2. The Morgan fingerprint density at radius 3 is 2.44 bits per heavy atom. The van der Waals surface area contributed by atoms with Gasteiger partial charge in [0.1, 0.15) is 5.75 Å². The van der Waals surface area contributed by atoms with E-state index in [2.05, 4.69) is 10.2 Å². The molecule has 0 amide bonds. The molecule has 1 heterocycles. The lowest BCUT2D eigenvalue weighted by atomic mass is 10.2. The third-order valence-corrected chi connectivity index (χ3v) is 2.47. The van der Waals surface area contributed by atoms with Gasteiger partial charge in [-0.1, -0.05) is 17.7 Å². The predicted octanol–water partition coefficient (Wildman–Crippen LogP) is 1.50. The maximum Gasteiger partial charge on any atom is 0.219 e. The Kier molecular flexibility index (Phi) is 4.30. The van der Waals surface area contributed by atoms with Crippen LogP contribution in [-0.4, -0.2) is 23.3 Å². The molecule has 0 saturated heterocycles. The normalized spacial score (nSPS) is 10.6. The fourth-order valence-electron chi connectivity index (χ4n) is 1.50. The average Bonchev–Trinajstić information content (AvgIpc) is 2.80. The lowest BCUT2D eigenvalue weighted by Crippen LogP contribution is -2.02. The number of rotatable bonds is 6. The lowest BCUT2D eigenvalue weighted by molar-refractivity contribution is 0.304. The number of nitrogens with zero attached hydrogens (tertiary/aromatic N) is 2. The van der Waals surface area contributed by atoms with Gasteiger partial charge in [0.2, 0.25) is 11.8 Å². The van der Waals surface area contributed by atoms with Gasteiger partial charge in [0.25, 0.3) is 0 Å². The van der Waals surface area contributed by atoms with Crippen LogP contribution in [0.1, 0.15) is 17.3 Å². The molecule has 0 unspecified atom stereocenters. The first-order valence-electron chi connectivity index (χ1n) is 5.98. The Morgan fingerprint density at radius 2 is 1.78 bits per heavy atom. The van der Waals surface area contributed by atoms with Crippen LogP contribution in [-0.2, 0) is 12.8 Å². The summed E-state index contributed by atoms with van der Waals surface area (Å²) in [4.78, 5) is 0. The molecule has 5 nitrogen and oxygen atoms in total. The molecule has 96 valence electrons. The summed E-state index contributed by atoms with van der Waals surface area (Å²) < 4.78 is 11.0. The molecule has 0 spiro atoms. The number of hydrogen-bond acceptors (Lipinski definition) is 5. The summed E-state index contributed by atoms with van der Waals surface area (Å²) >= 11 is 0. The van der Waals surface area contributed by atoms with Crippen LogP contribution in [0.5, 0.6) is 5.75 Å². The van der Waals surface area contributed by atoms with E-state index in [1.54, 1.807) is 0 Å². The first-order valence-corrected chi connectivity index (χ1v) is 5.98. The highest BCUT2D eigenvalue weighted by molar-refractivity contribution is 5.26. The van der Waals surface area contributed by atoms with Gasteiger partial charge in [-0.3, -0.25) is 0 Å². The van der Waals surface area contributed by atoms with Gasteiger partial charge in [0.15, 0.2) is 0 Å². The average molecular weight is 247 g/mol. The summed E-state index contributed by atoms with van der Waals surface area (Å²) in [6, 6.07) is 7.93. The van der Waals surface area contributed by atoms with Crippen molar-refractivity contribution < 1.29 is 9.15 Å². The third-order valence-electron chi connectivity index (χ3n) is 2.47. The van der Waals surface area contributed by atoms with Crippen molar-refractivity contribution in [2.45, 2.75) is 19.8 Å². The van der Waals surface area contributed by atoms with Crippen molar-refractivity contribution in [2.24, 2.45) is 5.73 Å². The Balaban J connectivity index is 1.79. The number of benzene rings is 1. The zero-order chi connectivity index (χ0) is 12.8. The van der Waals surface area contributed by atoms with Crippen molar-refractivity contribution in [1.29, 1.82) is 0 Å². The number of aryl methyl sites for hydroxylation is 1. The fraction of sp³-hybridized carbons (Fsp3) is 0.385. The van der Waals surface area contributed by atoms with Crippen molar-refractivity contribution in [3.63, 3.8) is 0 Å². The molecule has 0 radical (unpaired) electrons. The van der Waals surface area contributed by atoms with Crippen LogP contribution in [0.4, 0.5) is 0 Å². The lowest BCUT2D eigenvalue weighted by Gasteiger charge is -2.04. The molecule has 2 aromatic rings. The minimum absolute atomic E-state index is 0.515. The van der Waals surface area contributed by atoms with Crippen molar-refractivity contribution in [2.75, 3.05) is 13.2 Å². The molecule has 0 aliphatic heterocycles. The van der Waals surface area contributed by atoms with E-state index in [1.165, 1.54) is 5.56 Å². The molecule has 5 heteroatoms. The smallest absolute Gasteiger partial charge is 0.219 e. The molecule has 2 N–H and O–H groups in total. The van der Waals surface area contributed by atoms with Gasteiger partial charge in [-0.25, -0.2) is 0 Å². The van der Waals surface area contributed by atoms with Crippen LogP contribution in [0, 0.1) is 6.92 Å². The van der Waals surface area contributed by atoms with Crippen LogP contribution < -0.4 is 10.5 Å². The van der Waals surface area contributed by atoms with Gasteiger partial charge in [0, 0.05) is 13.0 Å². The molecule has 0 aliphatic carbocycles. The van der Waals surface area contributed by atoms with E-state index in [4.69, 9.17) is 14.9 Å². The molecule has 0 saturated carbocycles. The quantitative estimate of drug-likeness (QED) is 0.837. The van der Waals surface area contributed by atoms with Crippen LogP contribution in [0.15, 0.2) is 28.7 Å². The van der Waals surface area contributed by atoms with Crippen LogP contribution in [0.25, 0.3) is 0 Å². The SMILES string of the molecule is Cc1ccc(OCCc2nnc(CCN)o2)cc1. The molecule has 1 aromatic carbocycles. The Labute approximate surface area is 106 Å². The molecule has 18 heavy (non-hydrogen) atoms. The molecule has 0 fully saturated rings. The summed E-state index contributed by atoms with van der Waals surface area (Å²) in [7, 11) is 0. The van der Waals surface area contributed by atoms with E-state index in [9.17, 15) is 0 Å². The highest BCUT2D eigenvalue weighted by Gasteiger charge is 2.05. The van der Waals surface area contributed by atoms with Crippen molar-refractivity contribution in [1.82, 2.24) is 10.2 Å². The van der Waals surface area contributed by atoms with Gasteiger partial charge in [-0.2, -0.15) is 0 Å². The summed E-state index contributed by atoms with van der Waals surface area (Å²) in [5.41, 5.74) is 6.62. The van der Waals surface area contributed by atoms with Crippen LogP contribution >= 0.6 is 0 Å². The second-order valence-electron chi connectivity index (χ2n) is 4.04. The zero-order valence-electron chi connectivity index (χ0n) is 10.4. The highest BCUT2D eigenvalue weighted by atomic mass is 16.5. The van der Waals surface area contributed by atoms with E-state index in [0.717, 1.165) is 5.75 Å². The third kappa shape index (κ3) is 3.56. The maximum atomic E-state index is 5.58. The number of aromatic nitrogens is 2. The number of hydrogen-bond donors (Lipinski definition) is 1. The maximum absolute atomic E-state index is 5.58. The Hall–Kier alpha value is -1.88. The van der Waals surface area contributed by atoms with E-state index < -0.39 is 0 Å². The first-order chi connectivity index (χ1) is 8.78. The number of nitrogens with two attached hydrogens (primary N) is 1. The second-order valence-corrected chi connectivity index (χ2v) is 4.04. The summed E-state index contributed by atoms with van der Waals surface area (Å²) in [5, 5.41) is 7.82. The van der Waals surface area contributed by atoms with E-state index in [0.29, 0.717) is 37.8 Å². The second kappa shape index (κ2) is 6.16. The van der Waals surface area contributed by atoms with Crippen LogP contribution in [0.3, 0.4) is 0 Å². The molecule has 0 aliphatic rings. The van der Waals surface area contributed by atoms with Crippen molar-refractivity contribution >= 4 is 0 Å². The first kappa shape index (κ1) is 12.6. The standard InChI is InChI=1S/C13H17N3O2/c1-10-2-4-11(5-3-10)17-9-7-13-16-15-12(18-13)6-8-14/h2-5H,6-9,14H2,1H3. The molecule has 0 atom stereocenters. The van der Waals surface area contributed by atoms with Gasteiger partial charge >= 0.3 is 0 Å². The summed E-state index contributed by atoms with van der Waals surface area (Å²) in [6.45, 7) is 3.08. The van der Waals surface area contributed by atoms with Crippen LogP contribution in [0.2, 0.25) is 0 Å². The summed E-state index contributed by atoms with van der Waals surface area (Å²) in [6.07, 6.45) is 1.22. The fourth-order valence-corrected chi connectivity index (χ4v) is 1.50. The topological polar surface area (TPSA) is 74.2 Å². The molecule has 0 bridgehead atoms. The Bertz CT molecular complexity index is 479. The van der Waals surface area contributed by atoms with E-state index in [1.807, 2.05) is 31.2 Å². The highest BCUT2D eigenvalue weighted by Crippen LogP contribution is 2.11. The minimum Gasteiger partial charge on any atom is -0.493 e. The van der Waals surface area contributed by atoms with Crippen molar-refractivity contribution in [3.8, 4) is 5.75 Å². The monoisotopic (exact) mass is 247 g/mol. The number of ether oxygens (including phenoxy) is 1. The van der Waals surface area contributed by atoms with Gasteiger partial charge < -0.3 is 14.9 Å². The summed E-state index contributed by atoms with van der Waals surface area (Å²) in [5.74, 6) is 2.02. The van der Waals surface area contributed by atoms with Crippen molar-refractivity contribution in [3.05, 3.63) is 41.6 Å². The zero-order valence-corrected chi connectivity index (χ0v) is 10.4. The predicted molar refractivity (Wildman–Crippen MR) is 67.4 cm³/mol. The van der Waals surface area contributed by atoms with Gasteiger partial charge in [-0.15, -0.1) is 10.2 Å². The van der Waals surface area contributed by atoms with E-state index in [-0.39, 0.29) is 0 Å². The van der Waals surface area contributed by atoms with Gasteiger partial charge in [-0.05, 0) is 19.1 Å². The van der Waals surface area contributed by atoms with Gasteiger partial charge in [0.05, 0.1) is 13.0 Å². The molecule has 2 rings (SSSR count). The van der Waals surface area contributed by atoms with E-state index >= 15 is 0 Å². The molecular weight excluding hydrogens is 230 g/mol. The minimum atomic E-state index is 0.515.